The van der Waals surface area contributed by atoms with Gasteiger partial charge >= 0.3 is 10.2 Å². The van der Waals surface area contributed by atoms with Gasteiger partial charge in [0.2, 0.25) is 5.91 Å². The van der Waals surface area contributed by atoms with Crippen LogP contribution in [0.5, 0.6) is 0 Å². The minimum atomic E-state index is -9.84. The molecule has 1 atom stereocenters. The lowest BCUT2D eigenvalue weighted by molar-refractivity contribution is -0.132. The Morgan fingerprint density at radius 1 is 1.12 bits per heavy atom. The number of aromatic nitrogens is 1. The average molecular weight is 527 g/mol. The van der Waals surface area contributed by atoms with Gasteiger partial charge in [0.1, 0.15) is 10.5 Å². The van der Waals surface area contributed by atoms with Crippen molar-refractivity contribution >= 4 is 26.0 Å². The van der Waals surface area contributed by atoms with Crippen molar-refractivity contribution in [1.29, 1.82) is 0 Å². The monoisotopic (exact) mass is 526 g/mol. The van der Waals surface area contributed by atoms with Gasteiger partial charge in [0.05, 0.1) is 23.9 Å². The Morgan fingerprint density at radius 3 is 2.24 bits per heavy atom. The van der Waals surface area contributed by atoms with Crippen LogP contribution in [0.15, 0.2) is 59.0 Å². The smallest absolute Gasteiger partial charge is 0.310 e. The summed E-state index contributed by atoms with van der Waals surface area (Å²) in [4.78, 5) is 16.3. The lowest BCUT2D eigenvalue weighted by atomic mass is 10.0. The Balaban J connectivity index is 1.87. The van der Waals surface area contributed by atoms with Crippen LogP contribution >= 0.6 is 10.2 Å². The number of nitrogens with zero attached hydrogens (tertiary/aromatic N) is 2. The number of rotatable bonds is 7. The van der Waals surface area contributed by atoms with E-state index in [0.717, 1.165) is 17.5 Å². The Kier molecular flexibility index (Phi) is 5.95. The average Bonchev–Trinajstić information content (AvgIpc) is 3.03. The third-order valence-corrected chi connectivity index (χ3v) is 7.70. The van der Waals surface area contributed by atoms with Crippen molar-refractivity contribution in [3.05, 3.63) is 70.9 Å². The summed E-state index contributed by atoms with van der Waals surface area (Å²) in [6.07, 6.45) is 2.32. The number of carbonyl (C=O) groups excluding carboxylic acids is 1. The molecule has 2 heterocycles. The van der Waals surface area contributed by atoms with Crippen molar-refractivity contribution < 1.29 is 37.7 Å². The van der Waals surface area contributed by atoms with Crippen LogP contribution < -0.4 is 0 Å². The van der Waals surface area contributed by atoms with E-state index in [9.17, 15) is 37.7 Å². The number of pyridine rings is 1. The van der Waals surface area contributed by atoms with E-state index in [4.69, 9.17) is 0 Å². The van der Waals surface area contributed by atoms with E-state index >= 15 is 0 Å². The Labute approximate surface area is 193 Å². The molecule has 0 spiro atoms. The summed E-state index contributed by atoms with van der Waals surface area (Å²) in [5.74, 6) is -0.987. The highest BCUT2D eigenvalue weighted by Crippen LogP contribution is 3.02. The van der Waals surface area contributed by atoms with Crippen molar-refractivity contribution in [3.63, 3.8) is 0 Å². The van der Waals surface area contributed by atoms with Crippen LogP contribution in [0.1, 0.15) is 30.7 Å². The highest BCUT2D eigenvalue weighted by Gasteiger charge is 2.65. The molecule has 13 heteroatoms. The maximum Gasteiger partial charge on any atom is 0.310 e. The largest absolute Gasteiger partial charge is 0.384 e. The molecule has 2 aromatic rings. The molecule has 188 valence electrons. The number of hydrogen-bond donors (Lipinski definition) is 1. The molecule has 1 aromatic carbocycles. The van der Waals surface area contributed by atoms with Gasteiger partial charge < -0.3 is 10.0 Å². The maximum atomic E-state index is 13.1. The van der Waals surface area contributed by atoms with E-state index in [-0.39, 0.29) is 30.0 Å². The van der Waals surface area contributed by atoms with Crippen LogP contribution in [0, 0.1) is 0 Å². The zero-order valence-corrected chi connectivity index (χ0v) is 19.8. The molecule has 1 aromatic heterocycles. The number of hydrogen-bond acceptors (Lipinski definition) is 5. The fourth-order valence-electron chi connectivity index (χ4n) is 3.39. The summed E-state index contributed by atoms with van der Waals surface area (Å²) >= 11 is 0. The van der Waals surface area contributed by atoms with Gasteiger partial charge in [-0.1, -0.05) is 31.6 Å². The van der Waals surface area contributed by atoms with E-state index in [1.165, 1.54) is 31.0 Å². The summed E-state index contributed by atoms with van der Waals surface area (Å²) in [6.45, 7) is 2.97. The second-order valence-corrected chi connectivity index (χ2v) is 13.0. The van der Waals surface area contributed by atoms with Crippen molar-refractivity contribution in [2.24, 2.45) is 0 Å². The van der Waals surface area contributed by atoms with Gasteiger partial charge in [-0.05, 0) is 55.3 Å². The first kappa shape index (κ1) is 26.1. The molecule has 0 radical (unpaired) electrons. The fourth-order valence-corrected chi connectivity index (χ4v) is 5.34. The van der Waals surface area contributed by atoms with Gasteiger partial charge in [-0.15, -0.1) is 0 Å². The first-order chi connectivity index (χ1) is 15.2. The van der Waals surface area contributed by atoms with Crippen molar-refractivity contribution in [3.8, 4) is 0 Å². The molecule has 1 amide bonds. The second-order valence-electron chi connectivity index (χ2n) is 8.65. The molecule has 0 fully saturated rings. The molecule has 1 unspecified atom stereocenters. The Morgan fingerprint density at radius 2 is 1.74 bits per heavy atom. The molecule has 1 aliphatic heterocycles. The predicted octanol–water partition coefficient (Wildman–Crippen LogP) is 4.85. The summed E-state index contributed by atoms with van der Waals surface area (Å²) in [7, 11) is -13.4. The number of aliphatic hydroxyl groups is 1. The molecule has 1 N–H and O–H groups in total. The number of sulfone groups is 1. The lowest BCUT2D eigenvalue weighted by Crippen LogP contribution is -2.41. The summed E-state index contributed by atoms with van der Waals surface area (Å²) in [5, 5.41) is 11.2. The van der Waals surface area contributed by atoms with Crippen LogP contribution in [-0.2, 0) is 33.2 Å². The van der Waals surface area contributed by atoms with Gasteiger partial charge in [0, 0.05) is 18.1 Å². The van der Waals surface area contributed by atoms with Gasteiger partial charge in [-0.25, -0.2) is 8.42 Å². The van der Waals surface area contributed by atoms with Crippen molar-refractivity contribution in [1.82, 2.24) is 9.88 Å². The van der Waals surface area contributed by atoms with Gasteiger partial charge in [-0.2, -0.15) is 0 Å². The van der Waals surface area contributed by atoms with Crippen LogP contribution in [0.3, 0.4) is 0 Å². The van der Waals surface area contributed by atoms with Gasteiger partial charge in [0.15, 0.2) is 9.84 Å². The minimum Gasteiger partial charge on any atom is -0.384 e. The second kappa shape index (κ2) is 7.75. The summed E-state index contributed by atoms with van der Waals surface area (Å²) < 4.78 is 88.5. The van der Waals surface area contributed by atoms with E-state index < -0.39 is 48.9 Å². The highest BCUT2D eigenvalue weighted by molar-refractivity contribution is 8.45. The molecule has 3 rings (SSSR count). The molecule has 6 nitrogen and oxygen atoms in total. The van der Waals surface area contributed by atoms with E-state index in [2.05, 4.69) is 4.98 Å². The minimum absolute atomic E-state index is 0.0531. The highest BCUT2D eigenvalue weighted by atomic mass is 32.5. The number of halogens is 5. The maximum absolute atomic E-state index is 13.1. The molecule has 0 saturated carbocycles. The number of amides is 1. The number of benzene rings is 1. The molecule has 34 heavy (non-hydrogen) atoms. The third-order valence-electron chi connectivity index (χ3n) is 5.16. The van der Waals surface area contributed by atoms with Crippen molar-refractivity contribution in [2.45, 2.75) is 43.4 Å². The molecule has 0 bridgehead atoms. The number of carbonyl (C=O) groups is 1. The summed E-state index contributed by atoms with van der Waals surface area (Å²) in [5.41, 5.74) is -0.364. The SMILES string of the molecule is CC(C)(O)c1cc(CN(C(=O)Cc2ccc(S(F)(F)(F)(F)F)cc2)C2C=CS(=O)(=O)C2)ccn1. The van der Waals surface area contributed by atoms with Gasteiger partial charge in [0.25, 0.3) is 0 Å². The first-order valence-corrected chi connectivity index (χ1v) is 13.6. The zero-order chi connectivity index (χ0) is 25.6. The summed E-state index contributed by atoms with van der Waals surface area (Å²) in [6, 6.07) is 4.34. The Hall–Kier alpha value is -2.51. The predicted molar refractivity (Wildman–Crippen MR) is 118 cm³/mol. The van der Waals surface area contributed by atoms with Crippen molar-refractivity contribution in [2.75, 3.05) is 5.75 Å². The molecule has 0 aliphatic carbocycles. The van der Waals surface area contributed by atoms with E-state index in [1.807, 2.05) is 0 Å². The van der Waals surface area contributed by atoms with E-state index in [0.29, 0.717) is 11.3 Å². The molecular weight excluding hydrogens is 503 g/mol. The van der Waals surface area contributed by atoms with E-state index in [1.54, 1.807) is 12.1 Å². The zero-order valence-electron chi connectivity index (χ0n) is 18.2. The third kappa shape index (κ3) is 6.54. The van der Waals surface area contributed by atoms with Crippen LogP contribution in [0.2, 0.25) is 0 Å². The quantitative estimate of drug-likeness (QED) is 0.522. The standard InChI is InChI=1S/C21H23F5N2O4S2/c1-21(2,30)19-11-16(7-9-27-19)13-28(17-8-10-33(31,32)14-17)20(29)12-15-3-5-18(6-4-15)34(22,23,24,25)26/h3-11,17,30H,12-14H2,1-2H3. The van der Waals surface area contributed by atoms with Crippen LogP contribution in [-0.4, -0.2) is 41.1 Å². The molecular formula is C21H23F5N2O4S2. The van der Waals surface area contributed by atoms with Crippen LogP contribution in [0.4, 0.5) is 19.4 Å². The molecule has 1 aliphatic rings. The lowest BCUT2D eigenvalue weighted by Gasteiger charge is -2.40. The Bertz CT molecular complexity index is 1240. The topological polar surface area (TPSA) is 87.6 Å². The fraction of sp³-hybridized carbons (Fsp3) is 0.333. The normalized spacial score (nSPS) is 19.9. The first-order valence-electron chi connectivity index (χ1n) is 9.95. The van der Waals surface area contributed by atoms with Crippen LogP contribution in [0.25, 0.3) is 0 Å². The molecule has 0 saturated heterocycles. The van der Waals surface area contributed by atoms with Gasteiger partial charge in [-0.3, -0.25) is 9.78 Å².